The molecule has 1 aliphatic heterocycles. The van der Waals surface area contributed by atoms with E-state index in [0.717, 1.165) is 32.1 Å². The monoisotopic (exact) mass is 298 g/mol. The molecule has 0 unspecified atom stereocenters. The van der Waals surface area contributed by atoms with Crippen LogP contribution in [0.1, 0.15) is 51.4 Å². The molecule has 1 heterocycles. The fourth-order valence-electron chi connectivity index (χ4n) is 3.62. The normalized spacial score (nSPS) is 24.3. The van der Waals surface area contributed by atoms with Crippen molar-refractivity contribution in [2.24, 2.45) is 5.73 Å². The van der Waals surface area contributed by atoms with E-state index < -0.39 is 17.0 Å². The lowest BCUT2D eigenvalue weighted by Gasteiger charge is -2.47. The quantitative estimate of drug-likeness (QED) is 0.811. The van der Waals surface area contributed by atoms with Crippen LogP contribution < -0.4 is 5.73 Å². The zero-order valence-corrected chi connectivity index (χ0v) is 12.8. The molecule has 0 atom stereocenters. The summed E-state index contributed by atoms with van der Waals surface area (Å²) in [5.41, 5.74) is 4.80. The molecule has 2 fully saturated rings. The second kappa shape index (κ2) is 6.32. The van der Waals surface area contributed by atoms with Crippen molar-refractivity contribution < 1.29 is 19.4 Å². The van der Waals surface area contributed by atoms with Gasteiger partial charge in [-0.3, -0.25) is 9.59 Å². The minimum absolute atomic E-state index is 0.00181. The molecule has 1 amide bonds. The van der Waals surface area contributed by atoms with Gasteiger partial charge < -0.3 is 20.5 Å². The van der Waals surface area contributed by atoms with Crippen molar-refractivity contribution in [3.63, 3.8) is 0 Å². The van der Waals surface area contributed by atoms with Gasteiger partial charge in [-0.05, 0) is 25.7 Å². The highest BCUT2D eigenvalue weighted by atomic mass is 16.5. The van der Waals surface area contributed by atoms with E-state index in [0.29, 0.717) is 26.1 Å². The number of hydrogen-bond acceptors (Lipinski definition) is 4. The maximum Gasteiger partial charge on any atom is 0.305 e. The van der Waals surface area contributed by atoms with Gasteiger partial charge in [0.05, 0.1) is 17.5 Å². The molecule has 1 saturated heterocycles. The molecule has 6 heteroatoms. The topological polar surface area (TPSA) is 92.9 Å². The summed E-state index contributed by atoms with van der Waals surface area (Å²) in [6.07, 6.45) is 5.52. The first-order valence-electron chi connectivity index (χ1n) is 7.76. The lowest BCUT2D eigenvalue weighted by Crippen LogP contribution is -2.63. The Morgan fingerprint density at radius 1 is 1.14 bits per heavy atom. The van der Waals surface area contributed by atoms with Crippen LogP contribution in [0.3, 0.4) is 0 Å². The van der Waals surface area contributed by atoms with E-state index in [2.05, 4.69) is 0 Å². The van der Waals surface area contributed by atoms with Crippen LogP contribution in [0.5, 0.6) is 0 Å². The largest absolute Gasteiger partial charge is 0.481 e. The summed E-state index contributed by atoms with van der Waals surface area (Å²) in [7, 11) is 1.72. The summed E-state index contributed by atoms with van der Waals surface area (Å²) >= 11 is 0. The van der Waals surface area contributed by atoms with E-state index in [1.54, 1.807) is 11.9 Å². The molecule has 0 radical (unpaired) electrons. The Bertz CT molecular complexity index is 398. The number of carbonyl (C=O) groups is 2. The van der Waals surface area contributed by atoms with E-state index in [-0.39, 0.29) is 12.3 Å². The van der Waals surface area contributed by atoms with Gasteiger partial charge in [-0.1, -0.05) is 19.3 Å². The zero-order chi connectivity index (χ0) is 15.5. The molecular weight excluding hydrogens is 272 g/mol. The van der Waals surface area contributed by atoms with Crippen molar-refractivity contribution >= 4 is 11.9 Å². The van der Waals surface area contributed by atoms with Crippen LogP contribution in [0, 0.1) is 0 Å². The van der Waals surface area contributed by atoms with Gasteiger partial charge in [0, 0.05) is 20.3 Å². The number of hydrogen-bond donors (Lipinski definition) is 2. The van der Waals surface area contributed by atoms with Gasteiger partial charge in [-0.2, -0.15) is 0 Å². The van der Waals surface area contributed by atoms with Crippen molar-refractivity contribution in [2.45, 2.75) is 62.4 Å². The summed E-state index contributed by atoms with van der Waals surface area (Å²) in [5, 5.41) is 9.25. The predicted molar refractivity (Wildman–Crippen MR) is 77.8 cm³/mol. The number of ether oxygens (including phenoxy) is 1. The minimum atomic E-state index is -0.907. The first-order chi connectivity index (χ1) is 9.90. The first kappa shape index (κ1) is 16.2. The van der Waals surface area contributed by atoms with Crippen LogP contribution >= 0.6 is 0 Å². The average Bonchev–Trinajstić information content (AvgIpc) is 2.46. The van der Waals surface area contributed by atoms with E-state index in [1.165, 1.54) is 0 Å². The van der Waals surface area contributed by atoms with Crippen molar-refractivity contribution in [1.82, 2.24) is 4.90 Å². The first-order valence-corrected chi connectivity index (χ1v) is 7.76. The molecule has 0 spiro atoms. The van der Waals surface area contributed by atoms with Gasteiger partial charge in [-0.25, -0.2) is 0 Å². The highest BCUT2D eigenvalue weighted by Gasteiger charge is 2.46. The Kier molecular flexibility index (Phi) is 4.88. The average molecular weight is 298 g/mol. The number of aliphatic carboxylic acids is 1. The predicted octanol–water partition coefficient (Wildman–Crippen LogP) is 1.13. The van der Waals surface area contributed by atoms with Gasteiger partial charge in [0.15, 0.2) is 0 Å². The maximum atomic E-state index is 12.9. The summed E-state index contributed by atoms with van der Waals surface area (Å²) in [6.45, 7) is 0.976. The molecule has 1 saturated carbocycles. The van der Waals surface area contributed by atoms with Gasteiger partial charge >= 0.3 is 5.97 Å². The molecule has 21 heavy (non-hydrogen) atoms. The van der Waals surface area contributed by atoms with Crippen LogP contribution in [0.2, 0.25) is 0 Å². The molecule has 0 aromatic rings. The van der Waals surface area contributed by atoms with Gasteiger partial charge in [0.1, 0.15) is 0 Å². The van der Waals surface area contributed by atoms with Crippen molar-refractivity contribution in [3.05, 3.63) is 0 Å². The molecule has 120 valence electrons. The Balaban J connectivity index is 2.18. The summed E-state index contributed by atoms with van der Waals surface area (Å²) in [5.74, 6) is -0.983. The van der Waals surface area contributed by atoms with Crippen LogP contribution in [-0.4, -0.2) is 53.2 Å². The maximum absolute atomic E-state index is 12.9. The Morgan fingerprint density at radius 3 is 2.24 bits per heavy atom. The van der Waals surface area contributed by atoms with Gasteiger partial charge in [0.25, 0.3) is 0 Å². The Morgan fingerprint density at radius 2 is 1.71 bits per heavy atom. The number of nitrogens with zero attached hydrogens (tertiary/aromatic N) is 1. The number of rotatable bonds is 4. The zero-order valence-electron chi connectivity index (χ0n) is 12.8. The van der Waals surface area contributed by atoms with E-state index in [1.807, 2.05) is 0 Å². The van der Waals surface area contributed by atoms with Crippen LogP contribution in [0.4, 0.5) is 0 Å². The highest BCUT2D eigenvalue weighted by Crippen LogP contribution is 2.37. The van der Waals surface area contributed by atoms with Crippen molar-refractivity contribution in [1.29, 1.82) is 0 Å². The van der Waals surface area contributed by atoms with Crippen molar-refractivity contribution in [2.75, 3.05) is 20.3 Å². The number of amides is 1. The minimum Gasteiger partial charge on any atom is -0.481 e. The van der Waals surface area contributed by atoms with Gasteiger partial charge in [-0.15, -0.1) is 0 Å². The van der Waals surface area contributed by atoms with E-state index in [4.69, 9.17) is 10.5 Å². The molecule has 0 aromatic carbocycles. The number of carbonyl (C=O) groups excluding carboxylic acids is 1. The molecule has 6 nitrogen and oxygen atoms in total. The molecule has 1 aliphatic carbocycles. The van der Waals surface area contributed by atoms with Crippen LogP contribution in [0.25, 0.3) is 0 Å². The lowest BCUT2D eigenvalue weighted by atomic mass is 9.76. The summed E-state index contributed by atoms with van der Waals surface area (Å²) < 4.78 is 5.29. The summed E-state index contributed by atoms with van der Waals surface area (Å²) in [6, 6.07) is 0. The standard InChI is InChI=1S/C15H26N2O4/c1-17(13(20)15(16)7-9-21-10-8-15)14(11-12(18)19)5-3-2-4-6-14/h2-11,16H2,1H3,(H,18,19). The Hall–Kier alpha value is -1.14. The second-order valence-corrected chi connectivity index (χ2v) is 6.49. The number of nitrogens with two attached hydrogens (primary N) is 1. The van der Waals surface area contributed by atoms with E-state index in [9.17, 15) is 14.7 Å². The third kappa shape index (κ3) is 3.37. The highest BCUT2D eigenvalue weighted by molar-refractivity contribution is 5.87. The fraction of sp³-hybridized carbons (Fsp3) is 0.867. The smallest absolute Gasteiger partial charge is 0.305 e. The van der Waals surface area contributed by atoms with Crippen LogP contribution in [-0.2, 0) is 14.3 Å². The third-order valence-electron chi connectivity index (χ3n) is 5.09. The number of carboxylic acids is 1. The van der Waals surface area contributed by atoms with Gasteiger partial charge in [0.2, 0.25) is 5.91 Å². The molecule has 0 bridgehead atoms. The van der Waals surface area contributed by atoms with Crippen LogP contribution in [0.15, 0.2) is 0 Å². The summed E-state index contributed by atoms with van der Waals surface area (Å²) in [4.78, 5) is 25.8. The lowest BCUT2D eigenvalue weighted by molar-refractivity contribution is -0.151. The number of likely N-dealkylation sites (N-methyl/N-ethyl adjacent to an activating group) is 1. The molecule has 2 rings (SSSR count). The van der Waals surface area contributed by atoms with Crippen molar-refractivity contribution in [3.8, 4) is 0 Å². The molecular formula is C15H26N2O4. The fourth-order valence-corrected chi connectivity index (χ4v) is 3.62. The Labute approximate surface area is 125 Å². The molecule has 0 aromatic heterocycles. The second-order valence-electron chi connectivity index (χ2n) is 6.49. The van der Waals surface area contributed by atoms with E-state index >= 15 is 0 Å². The number of carboxylic acid groups (broad SMARTS) is 1. The molecule has 3 N–H and O–H groups in total. The third-order valence-corrected chi connectivity index (χ3v) is 5.09. The molecule has 2 aliphatic rings. The SMILES string of the molecule is CN(C(=O)C1(N)CCOCC1)C1(CC(=O)O)CCCCC1.